The van der Waals surface area contributed by atoms with Gasteiger partial charge in [0.1, 0.15) is 12.1 Å². The molecule has 1 aromatic carbocycles. The number of benzene rings is 1. The monoisotopic (exact) mass is 343 g/mol. The second kappa shape index (κ2) is 7.02. The van der Waals surface area contributed by atoms with Crippen molar-refractivity contribution in [2.75, 3.05) is 38.1 Å². The molecule has 25 heavy (non-hydrogen) atoms. The van der Waals surface area contributed by atoms with Crippen LogP contribution in [0.4, 0.5) is 11.5 Å². The first-order valence-corrected chi connectivity index (χ1v) is 8.13. The Labute approximate surface area is 146 Å². The van der Waals surface area contributed by atoms with E-state index in [1.54, 1.807) is 6.07 Å². The van der Waals surface area contributed by atoms with E-state index in [9.17, 15) is 10.1 Å². The molecule has 2 heterocycles. The van der Waals surface area contributed by atoms with Crippen LogP contribution in [0, 0.1) is 24.0 Å². The van der Waals surface area contributed by atoms with Crippen molar-refractivity contribution in [3.63, 3.8) is 0 Å². The molecular weight excluding hydrogens is 322 g/mol. The highest BCUT2D eigenvalue weighted by molar-refractivity contribution is 5.63. The van der Waals surface area contributed by atoms with Crippen molar-refractivity contribution in [1.82, 2.24) is 14.9 Å². The zero-order valence-electron chi connectivity index (χ0n) is 14.6. The van der Waals surface area contributed by atoms with Crippen molar-refractivity contribution in [2.24, 2.45) is 0 Å². The van der Waals surface area contributed by atoms with E-state index < -0.39 is 4.92 Å². The van der Waals surface area contributed by atoms with Crippen molar-refractivity contribution < 1.29 is 9.66 Å². The summed E-state index contributed by atoms with van der Waals surface area (Å²) in [5.74, 6) is 0.804. The van der Waals surface area contributed by atoms with Crippen molar-refractivity contribution in [1.29, 1.82) is 0 Å². The van der Waals surface area contributed by atoms with Crippen LogP contribution in [-0.2, 0) is 0 Å². The van der Waals surface area contributed by atoms with Gasteiger partial charge in [-0.2, -0.15) is 4.98 Å². The van der Waals surface area contributed by atoms with Crippen LogP contribution in [0.3, 0.4) is 0 Å². The van der Waals surface area contributed by atoms with E-state index >= 15 is 0 Å². The van der Waals surface area contributed by atoms with E-state index in [4.69, 9.17) is 4.74 Å². The van der Waals surface area contributed by atoms with Crippen LogP contribution in [0.2, 0.25) is 0 Å². The van der Waals surface area contributed by atoms with Crippen LogP contribution in [0.1, 0.15) is 11.1 Å². The lowest BCUT2D eigenvalue weighted by Gasteiger charge is -2.32. The molecule has 1 saturated heterocycles. The van der Waals surface area contributed by atoms with Gasteiger partial charge in [0.2, 0.25) is 5.82 Å². The number of hydrogen-bond acceptors (Lipinski definition) is 7. The number of anilines is 1. The molecule has 0 bridgehead atoms. The third-order valence-electron chi connectivity index (χ3n) is 4.45. The fourth-order valence-corrected chi connectivity index (χ4v) is 2.73. The molecule has 0 saturated carbocycles. The predicted octanol–water partition coefficient (Wildman–Crippen LogP) is 2.55. The number of aryl methyl sites for hydroxylation is 2. The molecule has 3 rings (SSSR count). The maximum absolute atomic E-state index is 11.7. The topological polar surface area (TPSA) is 84.6 Å². The summed E-state index contributed by atoms with van der Waals surface area (Å²) in [5.41, 5.74) is 1.99. The Bertz CT molecular complexity index is 788. The van der Waals surface area contributed by atoms with Crippen molar-refractivity contribution in [3.05, 3.63) is 45.8 Å². The minimum Gasteiger partial charge on any atom is -0.434 e. The number of likely N-dealkylation sites (N-methyl/N-ethyl adjacent to an activating group) is 1. The van der Waals surface area contributed by atoms with Crippen LogP contribution in [0.25, 0.3) is 0 Å². The number of piperazine rings is 1. The largest absolute Gasteiger partial charge is 0.434 e. The van der Waals surface area contributed by atoms with Gasteiger partial charge in [-0.1, -0.05) is 6.07 Å². The molecule has 1 aliphatic heterocycles. The molecule has 2 aromatic rings. The fraction of sp³-hybridized carbons (Fsp3) is 0.412. The molecule has 0 amide bonds. The van der Waals surface area contributed by atoms with E-state index in [-0.39, 0.29) is 11.6 Å². The van der Waals surface area contributed by atoms with Crippen molar-refractivity contribution in [3.8, 4) is 11.6 Å². The maximum atomic E-state index is 11.7. The van der Waals surface area contributed by atoms with Gasteiger partial charge in [0, 0.05) is 26.2 Å². The zero-order chi connectivity index (χ0) is 18.0. The van der Waals surface area contributed by atoms with Crippen molar-refractivity contribution >= 4 is 11.5 Å². The Balaban J connectivity index is 1.95. The highest BCUT2D eigenvalue weighted by Gasteiger charge is 2.30. The summed E-state index contributed by atoms with van der Waals surface area (Å²) >= 11 is 0. The lowest BCUT2D eigenvalue weighted by molar-refractivity contribution is -0.385. The van der Waals surface area contributed by atoms with Gasteiger partial charge in [0.15, 0.2) is 0 Å². The SMILES string of the molecule is Cc1ccc(Oc2ncnc(N3CCN(C)CC3)c2[N+](=O)[O-])cc1C. The Morgan fingerprint density at radius 1 is 1.12 bits per heavy atom. The highest BCUT2D eigenvalue weighted by atomic mass is 16.6. The van der Waals surface area contributed by atoms with Gasteiger partial charge in [0.05, 0.1) is 4.92 Å². The predicted molar refractivity (Wildman–Crippen MR) is 94.4 cm³/mol. The first kappa shape index (κ1) is 17.1. The van der Waals surface area contributed by atoms with Crippen LogP contribution in [-0.4, -0.2) is 53.0 Å². The first-order valence-electron chi connectivity index (χ1n) is 8.13. The second-order valence-electron chi connectivity index (χ2n) is 6.25. The fourth-order valence-electron chi connectivity index (χ4n) is 2.73. The van der Waals surface area contributed by atoms with Gasteiger partial charge in [-0.15, -0.1) is 0 Å². The van der Waals surface area contributed by atoms with E-state index in [0.717, 1.165) is 24.2 Å². The van der Waals surface area contributed by atoms with Crippen LogP contribution >= 0.6 is 0 Å². The average molecular weight is 343 g/mol. The molecule has 1 fully saturated rings. The smallest absolute Gasteiger partial charge is 0.373 e. The van der Waals surface area contributed by atoms with Gasteiger partial charge in [-0.3, -0.25) is 10.1 Å². The Hall–Kier alpha value is -2.74. The standard InChI is InChI=1S/C17H21N5O3/c1-12-4-5-14(10-13(12)2)25-17-15(22(23)24)16(18-11-19-17)21-8-6-20(3)7-9-21/h4-5,10-11H,6-9H2,1-3H3. The van der Waals surface area contributed by atoms with Gasteiger partial charge in [0.25, 0.3) is 0 Å². The molecule has 0 N–H and O–H groups in total. The lowest BCUT2D eigenvalue weighted by atomic mass is 10.1. The summed E-state index contributed by atoms with van der Waals surface area (Å²) in [4.78, 5) is 23.5. The third kappa shape index (κ3) is 3.69. The lowest BCUT2D eigenvalue weighted by Crippen LogP contribution is -2.45. The molecule has 0 radical (unpaired) electrons. The summed E-state index contributed by atoms with van der Waals surface area (Å²) in [5, 5.41) is 11.7. The number of hydrogen-bond donors (Lipinski definition) is 0. The number of aromatic nitrogens is 2. The quantitative estimate of drug-likeness (QED) is 0.623. The first-order chi connectivity index (χ1) is 12.0. The maximum Gasteiger partial charge on any atom is 0.373 e. The van der Waals surface area contributed by atoms with Crippen molar-refractivity contribution in [2.45, 2.75) is 13.8 Å². The average Bonchev–Trinajstić information content (AvgIpc) is 2.58. The summed E-state index contributed by atoms with van der Waals surface area (Å²) in [7, 11) is 2.03. The molecular formula is C17H21N5O3. The molecule has 0 spiro atoms. The Morgan fingerprint density at radius 2 is 1.84 bits per heavy atom. The molecule has 8 nitrogen and oxygen atoms in total. The van der Waals surface area contributed by atoms with Gasteiger partial charge in [-0.05, 0) is 44.2 Å². The molecule has 1 aliphatic rings. The van der Waals surface area contributed by atoms with Crippen LogP contribution < -0.4 is 9.64 Å². The number of ether oxygens (including phenoxy) is 1. The molecule has 132 valence electrons. The van der Waals surface area contributed by atoms with Gasteiger partial charge < -0.3 is 14.5 Å². The highest BCUT2D eigenvalue weighted by Crippen LogP contribution is 2.36. The summed E-state index contributed by atoms with van der Waals surface area (Å²) in [6.45, 7) is 6.97. The minimum atomic E-state index is -0.468. The third-order valence-corrected chi connectivity index (χ3v) is 4.45. The number of nitrogens with zero attached hydrogens (tertiary/aromatic N) is 5. The Morgan fingerprint density at radius 3 is 2.48 bits per heavy atom. The molecule has 1 aromatic heterocycles. The van der Waals surface area contributed by atoms with E-state index in [2.05, 4.69) is 14.9 Å². The minimum absolute atomic E-state index is 0.0304. The number of rotatable bonds is 4. The second-order valence-corrected chi connectivity index (χ2v) is 6.25. The van der Waals surface area contributed by atoms with Crippen LogP contribution in [0.15, 0.2) is 24.5 Å². The van der Waals surface area contributed by atoms with Gasteiger partial charge in [-0.25, -0.2) is 4.98 Å². The normalized spacial score (nSPS) is 15.2. The molecule has 0 atom stereocenters. The molecule has 0 unspecified atom stereocenters. The van der Waals surface area contributed by atoms with Crippen LogP contribution in [0.5, 0.6) is 11.6 Å². The zero-order valence-corrected chi connectivity index (χ0v) is 14.6. The summed E-state index contributed by atoms with van der Waals surface area (Å²) in [6, 6.07) is 5.54. The van der Waals surface area contributed by atoms with E-state index in [1.165, 1.54) is 6.33 Å². The summed E-state index contributed by atoms with van der Waals surface area (Å²) in [6.07, 6.45) is 1.32. The van der Waals surface area contributed by atoms with E-state index in [1.807, 2.05) is 37.9 Å². The number of nitro groups is 1. The van der Waals surface area contributed by atoms with E-state index in [0.29, 0.717) is 24.7 Å². The summed E-state index contributed by atoms with van der Waals surface area (Å²) < 4.78 is 5.73. The molecule has 8 heteroatoms. The van der Waals surface area contributed by atoms with Gasteiger partial charge >= 0.3 is 11.6 Å². The Kier molecular flexibility index (Phi) is 4.80. The molecule has 0 aliphatic carbocycles.